The van der Waals surface area contributed by atoms with Gasteiger partial charge in [0.15, 0.2) is 5.96 Å². The van der Waals surface area contributed by atoms with Crippen molar-refractivity contribution < 1.29 is 4.74 Å². The molecule has 118 valence electrons. The van der Waals surface area contributed by atoms with E-state index in [4.69, 9.17) is 22.1 Å². The lowest BCUT2D eigenvalue weighted by Crippen LogP contribution is -2.41. The molecule has 0 aromatic heterocycles. The van der Waals surface area contributed by atoms with Crippen molar-refractivity contribution in [3.05, 3.63) is 34.9 Å². The average Bonchev–Trinajstić information content (AvgIpc) is 3.18. The summed E-state index contributed by atoms with van der Waals surface area (Å²) in [6.07, 6.45) is 2.30. The Bertz CT molecular complexity index is 474. The Kier molecular flexibility index (Phi) is 7.23. The van der Waals surface area contributed by atoms with Crippen LogP contribution in [0.3, 0.4) is 0 Å². The zero-order valence-electron chi connectivity index (χ0n) is 12.4. The predicted octanol–water partition coefficient (Wildman–Crippen LogP) is 2.93. The second-order valence-corrected chi connectivity index (χ2v) is 5.93. The smallest absolute Gasteiger partial charge is 0.188 e. The number of nitrogens with one attached hydrogen (secondary N) is 1. The molecule has 0 radical (unpaired) electrons. The lowest BCUT2D eigenvalue weighted by Gasteiger charge is -2.16. The van der Waals surface area contributed by atoms with Crippen molar-refractivity contribution in [2.45, 2.75) is 31.2 Å². The van der Waals surface area contributed by atoms with Crippen LogP contribution in [-0.2, 0) is 10.2 Å². The van der Waals surface area contributed by atoms with Gasteiger partial charge < -0.3 is 15.8 Å². The fourth-order valence-electron chi connectivity index (χ4n) is 2.32. The Morgan fingerprint density at radius 2 is 2.05 bits per heavy atom. The zero-order chi connectivity index (χ0) is 14.6. The third kappa shape index (κ3) is 5.30. The van der Waals surface area contributed by atoms with E-state index < -0.39 is 0 Å². The van der Waals surface area contributed by atoms with E-state index in [0.29, 0.717) is 19.1 Å². The lowest BCUT2D eigenvalue weighted by atomic mass is 9.96. The summed E-state index contributed by atoms with van der Waals surface area (Å²) in [5, 5.41) is 3.89. The quantitative estimate of drug-likeness (QED) is 0.420. The van der Waals surface area contributed by atoms with E-state index in [2.05, 4.69) is 22.4 Å². The monoisotopic (exact) mass is 423 g/mol. The molecule has 0 aliphatic heterocycles. The van der Waals surface area contributed by atoms with E-state index in [0.717, 1.165) is 17.9 Å². The Labute approximate surface area is 148 Å². The van der Waals surface area contributed by atoms with Gasteiger partial charge in [-0.1, -0.05) is 23.7 Å². The van der Waals surface area contributed by atoms with Crippen LogP contribution in [0.1, 0.15) is 25.3 Å². The molecule has 1 unspecified atom stereocenters. The summed E-state index contributed by atoms with van der Waals surface area (Å²) >= 11 is 5.93. The van der Waals surface area contributed by atoms with Gasteiger partial charge in [0, 0.05) is 23.6 Å². The number of methoxy groups -OCH3 is 1. The zero-order valence-corrected chi connectivity index (χ0v) is 15.5. The largest absolute Gasteiger partial charge is 0.383 e. The van der Waals surface area contributed by atoms with Gasteiger partial charge in [0.1, 0.15) is 0 Å². The molecule has 0 saturated heterocycles. The first-order chi connectivity index (χ1) is 9.55. The SMILES string of the molecule is COCC(C)NC(N)=NCC1(c2ccc(Cl)cc2)CC1.I. The van der Waals surface area contributed by atoms with Gasteiger partial charge in [0.2, 0.25) is 0 Å². The van der Waals surface area contributed by atoms with Crippen LogP contribution >= 0.6 is 35.6 Å². The van der Waals surface area contributed by atoms with Gasteiger partial charge in [0.25, 0.3) is 0 Å². The average molecular weight is 424 g/mol. The number of rotatable bonds is 6. The first-order valence-electron chi connectivity index (χ1n) is 6.87. The van der Waals surface area contributed by atoms with E-state index in [-0.39, 0.29) is 35.4 Å². The number of aliphatic imine (C=N–C) groups is 1. The van der Waals surface area contributed by atoms with E-state index in [9.17, 15) is 0 Å². The van der Waals surface area contributed by atoms with Crippen LogP contribution in [0.2, 0.25) is 5.02 Å². The number of nitrogens with zero attached hydrogens (tertiary/aromatic N) is 1. The highest BCUT2D eigenvalue weighted by Crippen LogP contribution is 2.48. The standard InChI is InChI=1S/C15H22ClN3O.HI/c1-11(9-20-2)19-14(17)18-10-15(7-8-15)12-3-5-13(16)6-4-12;/h3-6,11H,7-10H2,1-2H3,(H3,17,18,19);1H. The molecular formula is C15H23ClIN3O. The van der Waals surface area contributed by atoms with Gasteiger partial charge >= 0.3 is 0 Å². The van der Waals surface area contributed by atoms with Crippen molar-refractivity contribution in [2.24, 2.45) is 10.7 Å². The number of benzene rings is 1. The highest BCUT2D eigenvalue weighted by Gasteiger charge is 2.44. The highest BCUT2D eigenvalue weighted by atomic mass is 127. The van der Waals surface area contributed by atoms with E-state index in [1.54, 1.807) is 7.11 Å². The van der Waals surface area contributed by atoms with Crippen LogP contribution in [0, 0.1) is 0 Å². The summed E-state index contributed by atoms with van der Waals surface area (Å²) in [4.78, 5) is 4.47. The van der Waals surface area contributed by atoms with Crippen molar-refractivity contribution in [1.82, 2.24) is 5.32 Å². The van der Waals surface area contributed by atoms with Crippen molar-refractivity contribution >= 4 is 41.5 Å². The van der Waals surface area contributed by atoms with E-state index >= 15 is 0 Å². The number of nitrogens with two attached hydrogens (primary N) is 1. The van der Waals surface area contributed by atoms with Crippen molar-refractivity contribution in [3.63, 3.8) is 0 Å². The summed E-state index contributed by atoms with van der Waals surface area (Å²) in [5.41, 5.74) is 7.35. The van der Waals surface area contributed by atoms with E-state index in [1.165, 1.54) is 5.56 Å². The van der Waals surface area contributed by atoms with E-state index in [1.807, 2.05) is 19.1 Å². The molecule has 0 heterocycles. The molecular weight excluding hydrogens is 401 g/mol. The molecule has 1 atom stereocenters. The highest BCUT2D eigenvalue weighted by molar-refractivity contribution is 14.0. The Balaban J connectivity index is 0.00000220. The number of hydrogen-bond donors (Lipinski definition) is 2. The first-order valence-corrected chi connectivity index (χ1v) is 7.25. The second-order valence-electron chi connectivity index (χ2n) is 5.49. The summed E-state index contributed by atoms with van der Waals surface area (Å²) in [7, 11) is 1.67. The first kappa shape index (κ1) is 18.5. The van der Waals surface area contributed by atoms with Crippen molar-refractivity contribution in [1.29, 1.82) is 0 Å². The maximum Gasteiger partial charge on any atom is 0.188 e. The Morgan fingerprint density at radius 3 is 2.57 bits per heavy atom. The molecule has 1 fully saturated rings. The minimum absolute atomic E-state index is 0. The van der Waals surface area contributed by atoms with Crippen LogP contribution in [0.25, 0.3) is 0 Å². The van der Waals surface area contributed by atoms with Gasteiger partial charge in [0.05, 0.1) is 13.2 Å². The number of guanidine groups is 1. The Morgan fingerprint density at radius 1 is 1.43 bits per heavy atom. The minimum Gasteiger partial charge on any atom is -0.383 e. The lowest BCUT2D eigenvalue weighted by molar-refractivity contribution is 0.179. The van der Waals surface area contributed by atoms with Crippen LogP contribution < -0.4 is 11.1 Å². The number of ether oxygens (including phenoxy) is 1. The van der Waals surface area contributed by atoms with Gasteiger partial charge in [-0.15, -0.1) is 24.0 Å². The molecule has 0 spiro atoms. The summed E-state index contributed by atoms with van der Waals surface area (Å²) in [6, 6.07) is 8.20. The van der Waals surface area contributed by atoms with Gasteiger partial charge in [-0.25, -0.2) is 0 Å². The molecule has 4 nitrogen and oxygen atoms in total. The molecule has 1 aromatic carbocycles. The van der Waals surface area contributed by atoms with Crippen LogP contribution in [0.15, 0.2) is 29.3 Å². The summed E-state index contributed by atoms with van der Waals surface area (Å²) in [5.74, 6) is 0.481. The molecule has 2 rings (SSSR count). The maximum atomic E-state index is 5.93. The predicted molar refractivity (Wildman–Crippen MR) is 98.7 cm³/mol. The molecule has 0 bridgehead atoms. The third-order valence-corrected chi connectivity index (χ3v) is 3.93. The van der Waals surface area contributed by atoms with Gasteiger partial charge in [-0.05, 0) is 37.5 Å². The third-order valence-electron chi connectivity index (χ3n) is 3.67. The molecule has 1 saturated carbocycles. The Hall–Kier alpha value is -0.530. The molecule has 3 N–H and O–H groups in total. The molecule has 21 heavy (non-hydrogen) atoms. The topological polar surface area (TPSA) is 59.6 Å². The van der Waals surface area contributed by atoms with Crippen LogP contribution in [0.5, 0.6) is 0 Å². The minimum atomic E-state index is 0. The molecule has 0 amide bonds. The van der Waals surface area contributed by atoms with Gasteiger partial charge in [-0.2, -0.15) is 0 Å². The second kappa shape index (κ2) is 8.19. The fourth-order valence-corrected chi connectivity index (χ4v) is 2.44. The van der Waals surface area contributed by atoms with Gasteiger partial charge in [-0.3, -0.25) is 4.99 Å². The van der Waals surface area contributed by atoms with Crippen LogP contribution in [-0.4, -0.2) is 32.3 Å². The molecule has 6 heteroatoms. The van der Waals surface area contributed by atoms with Crippen molar-refractivity contribution in [3.8, 4) is 0 Å². The fraction of sp³-hybridized carbons (Fsp3) is 0.533. The summed E-state index contributed by atoms with van der Waals surface area (Å²) < 4.78 is 5.06. The van der Waals surface area contributed by atoms with Crippen LogP contribution in [0.4, 0.5) is 0 Å². The molecule has 1 aliphatic rings. The normalized spacial score (nSPS) is 17.8. The molecule has 1 aliphatic carbocycles. The summed E-state index contributed by atoms with van der Waals surface area (Å²) in [6.45, 7) is 3.34. The maximum absolute atomic E-state index is 5.93. The number of halogens is 2. The molecule has 1 aromatic rings. The number of hydrogen-bond acceptors (Lipinski definition) is 2. The van der Waals surface area contributed by atoms with Crippen molar-refractivity contribution in [2.75, 3.05) is 20.3 Å².